The number of rotatable bonds is 5. The minimum Gasteiger partial charge on any atom is -0.381 e. The van der Waals surface area contributed by atoms with Gasteiger partial charge < -0.3 is 9.30 Å². The number of hydrogen-bond donors (Lipinski definition) is 0. The molecule has 0 aliphatic carbocycles. The van der Waals surface area contributed by atoms with Crippen molar-refractivity contribution >= 4 is 5.65 Å². The molecule has 5 rings (SSSR count). The Hall–Kier alpha value is -3.32. The second kappa shape index (κ2) is 8.43. The van der Waals surface area contributed by atoms with Crippen molar-refractivity contribution in [2.45, 2.75) is 31.7 Å². The fraction of sp³-hybridized carbons (Fsp3) is 0.292. The maximum atomic E-state index is 13.4. The molecule has 0 bridgehead atoms. The lowest BCUT2D eigenvalue weighted by Crippen LogP contribution is -2.27. The summed E-state index contributed by atoms with van der Waals surface area (Å²) in [6, 6.07) is 16.3. The molecule has 1 fully saturated rings. The summed E-state index contributed by atoms with van der Waals surface area (Å²) < 4.78 is 22.4. The number of halogens is 1. The van der Waals surface area contributed by atoms with Crippen molar-refractivity contribution in [3.05, 3.63) is 99.6 Å². The molecule has 0 amide bonds. The van der Waals surface area contributed by atoms with E-state index >= 15 is 0 Å². The number of fused-ring (bicyclic) bond motifs is 1. The van der Waals surface area contributed by atoms with E-state index in [1.165, 1.54) is 12.1 Å². The van der Waals surface area contributed by atoms with E-state index < -0.39 is 0 Å². The first-order valence-electron chi connectivity index (χ1n) is 10.5. The van der Waals surface area contributed by atoms with E-state index in [0.717, 1.165) is 35.5 Å². The number of nitrogens with zero attached hydrogens (tertiary/aromatic N) is 4. The average molecular weight is 418 g/mol. The molecule has 0 spiro atoms. The Bertz CT molecular complexity index is 1240. The Morgan fingerprint density at radius 1 is 0.968 bits per heavy atom. The zero-order chi connectivity index (χ0) is 21.2. The number of aromatic nitrogens is 4. The SMILES string of the molecule is O=c1c2nnc(C3CCOCC3)n2cc(Cc2ccccc2)n1Cc1ccc(F)cc1. The monoisotopic (exact) mass is 418 g/mol. The highest BCUT2D eigenvalue weighted by Crippen LogP contribution is 2.25. The average Bonchev–Trinajstić information content (AvgIpc) is 3.23. The summed E-state index contributed by atoms with van der Waals surface area (Å²) in [6.07, 6.45) is 4.32. The Kier molecular flexibility index (Phi) is 5.34. The normalized spacial score (nSPS) is 14.9. The zero-order valence-corrected chi connectivity index (χ0v) is 17.1. The second-order valence-electron chi connectivity index (χ2n) is 7.94. The third-order valence-electron chi connectivity index (χ3n) is 5.85. The van der Waals surface area contributed by atoms with Gasteiger partial charge in [0.15, 0.2) is 0 Å². The summed E-state index contributed by atoms with van der Waals surface area (Å²) in [6.45, 7) is 1.73. The van der Waals surface area contributed by atoms with Crippen molar-refractivity contribution in [3.63, 3.8) is 0 Å². The zero-order valence-electron chi connectivity index (χ0n) is 17.1. The first kappa shape index (κ1) is 19.6. The van der Waals surface area contributed by atoms with E-state index in [0.29, 0.717) is 31.8 Å². The largest absolute Gasteiger partial charge is 0.381 e. The summed E-state index contributed by atoms with van der Waals surface area (Å²) in [5.74, 6) is 0.744. The summed E-state index contributed by atoms with van der Waals surface area (Å²) >= 11 is 0. The molecule has 0 N–H and O–H groups in total. The van der Waals surface area contributed by atoms with Crippen LogP contribution in [0.5, 0.6) is 0 Å². The molecule has 1 aliphatic rings. The van der Waals surface area contributed by atoms with Crippen molar-refractivity contribution in [3.8, 4) is 0 Å². The van der Waals surface area contributed by atoms with Gasteiger partial charge in [-0.3, -0.25) is 9.20 Å². The third kappa shape index (κ3) is 4.01. The van der Waals surface area contributed by atoms with Crippen LogP contribution in [0.3, 0.4) is 0 Å². The topological polar surface area (TPSA) is 61.4 Å². The second-order valence-corrected chi connectivity index (χ2v) is 7.94. The van der Waals surface area contributed by atoms with Gasteiger partial charge in [0.2, 0.25) is 5.65 Å². The molecule has 2 aromatic heterocycles. The van der Waals surface area contributed by atoms with Crippen LogP contribution < -0.4 is 5.56 Å². The molecule has 0 atom stereocenters. The molecule has 1 aliphatic heterocycles. The molecule has 7 heteroatoms. The van der Waals surface area contributed by atoms with Crippen molar-refractivity contribution in [2.75, 3.05) is 13.2 Å². The smallest absolute Gasteiger partial charge is 0.296 e. The van der Waals surface area contributed by atoms with Crippen LogP contribution in [0.25, 0.3) is 5.65 Å². The predicted molar refractivity (Wildman–Crippen MR) is 115 cm³/mol. The van der Waals surface area contributed by atoms with E-state index in [4.69, 9.17) is 4.74 Å². The Labute approximate surface area is 178 Å². The van der Waals surface area contributed by atoms with E-state index in [1.807, 2.05) is 40.9 Å². The summed E-state index contributed by atoms with van der Waals surface area (Å²) in [7, 11) is 0. The van der Waals surface area contributed by atoms with Crippen molar-refractivity contribution in [1.29, 1.82) is 0 Å². The van der Waals surface area contributed by atoms with Gasteiger partial charge in [-0.2, -0.15) is 0 Å². The van der Waals surface area contributed by atoms with Crippen molar-refractivity contribution in [2.24, 2.45) is 0 Å². The Morgan fingerprint density at radius 3 is 2.45 bits per heavy atom. The fourth-order valence-corrected chi connectivity index (χ4v) is 4.17. The molecular formula is C24H23FN4O2. The Morgan fingerprint density at radius 2 is 1.71 bits per heavy atom. The maximum Gasteiger partial charge on any atom is 0.296 e. The van der Waals surface area contributed by atoms with Crippen molar-refractivity contribution < 1.29 is 9.13 Å². The quantitative estimate of drug-likeness (QED) is 0.497. The lowest BCUT2D eigenvalue weighted by atomic mass is 9.99. The summed E-state index contributed by atoms with van der Waals surface area (Å²) in [5, 5.41) is 8.62. The highest BCUT2D eigenvalue weighted by Gasteiger charge is 2.23. The molecule has 0 saturated carbocycles. The van der Waals surface area contributed by atoms with Crippen LogP contribution in [0.15, 0.2) is 65.6 Å². The molecule has 0 radical (unpaired) electrons. The van der Waals surface area contributed by atoms with Gasteiger partial charge in [0, 0.05) is 37.4 Å². The molecule has 2 aromatic carbocycles. The molecule has 4 aromatic rings. The van der Waals surface area contributed by atoms with Gasteiger partial charge >= 0.3 is 0 Å². The standard InChI is InChI=1S/C24H23FN4O2/c25-20-8-6-18(7-9-20)15-28-21(14-17-4-2-1-3-5-17)16-29-22(19-10-12-31-13-11-19)26-27-23(29)24(28)30/h1-9,16,19H,10-15H2. The lowest BCUT2D eigenvalue weighted by molar-refractivity contribution is 0.0834. The lowest BCUT2D eigenvalue weighted by Gasteiger charge is -2.21. The van der Waals surface area contributed by atoms with Gasteiger partial charge in [-0.15, -0.1) is 10.2 Å². The van der Waals surface area contributed by atoms with Crippen LogP contribution in [-0.2, 0) is 17.7 Å². The highest BCUT2D eigenvalue weighted by molar-refractivity contribution is 5.38. The van der Waals surface area contributed by atoms with Gasteiger partial charge in [-0.25, -0.2) is 4.39 Å². The Balaban J connectivity index is 1.62. The summed E-state index contributed by atoms with van der Waals surface area (Å²) in [5.41, 5.74) is 2.95. The highest BCUT2D eigenvalue weighted by atomic mass is 19.1. The molecule has 6 nitrogen and oxygen atoms in total. The van der Waals surface area contributed by atoms with E-state index in [2.05, 4.69) is 10.2 Å². The van der Waals surface area contributed by atoms with Gasteiger partial charge in [-0.1, -0.05) is 42.5 Å². The number of hydrogen-bond acceptors (Lipinski definition) is 4. The molecule has 0 unspecified atom stereocenters. The molecule has 3 heterocycles. The van der Waals surface area contributed by atoms with E-state index in [1.54, 1.807) is 16.7 Å². The maximum absolute atomic E-state index is 13.4. The van der Waals surface area contributed by atoms with Crippen LogP contribution in [0, 0.1) is 5.82 Å². The first-order chi connectivity index (χ1) is 15.2. The molecule has 158 valence electrons. The fourth-order valence-electron chi connectivity index (χ4n) is 4.17. The van der Waals surface area contributed by atoms with Gasteiger partial charge in [0.25, 0.3) is 5.56 Å². The van der Waals surface area contributed by atoms with E-state index in [-0.39, 0.29) is 17.3 Å². The molecule has 31 heavy (non-hydrogen) atoms. The minimum absolute atomic E-state index is 0.191. The van der Waals surface area contributed by atoms with Gasteiger partial charge in [0.1, 0.15) is 11.6 Å². The van der Waals surface area contributed by atoms with E-state index in [9.17, 15) is 9.18 Å². The van der Waals surface area contributed by atoms with Gasteiger partial charge in [0.05, 0.1) is 6.54 Å². The van der Waals surface area contributed by atoms with Crippen LogP contribution >= 0.6 is 0 Å². The van der Waals surface area contributed by atoms with Crippen LogP contribution in [0.2, 0.25) is 0 Å². The predicted octanol–water partition coefficient (Wildman–Crippen LogP) is 3.56. The first-order valence-corrected chi connectivity index (χ1v) is 10.5. The third-order valence-corrected chi connectivity index (χ3v) is 5.85. The molecular weight excluding hydrogens is 395 g/mol. The van der Waals surface area contributed by atoms with Crippen LogP contribution in [0.4, 0.5) is 4.39 Å². The van der Waals surface area contributed by atoms with Crippen LogP contribution in [-0.4, -0.2) is 32.4 Å². The van der Waals surface area contributed by atoms with Crippen molar-refractivity contribution in [1.82, 2.24) is 19.2 Å². The number of ether oxygens (including phenoxy) is 1. The number of benzene rings is 2. The minimum atomic E-state index is -0.297. The summed E-state index contributed by atoms with van der Waals surface area (Å²) in [4.78, 5) is 13.4. The van der Waals surface area contributed by atoms with Gasteiger partial charge in [-0.05, 0) is 36.1 Å². The van der Waals surface area contributed by atoms with Crippen LogP contribution in [0.1, 0.15) is 41.4 Å². The molecule has 1 saturated heterocycles.